The van der Waals surface area contributed by atoms with Crippen LogP contribution >= 0.6 is 0 Å². The lowest BCUT2D eigenvalue weighted by Crippen LogP contribution is -2.35. The van der Waals surface area contributed by atoms with Crippen molar-refractivity contribution in [3.8, 4) is 11.5 Å². The maximum absolute atomic E-state index is 12.9. The van der Waals surface area contributed by atoms with Crippen molar-refractivity contribution < 1.29 is 17.6 Å². The van der Waals surface area contributed by atoms with E-state index in [0.29, 0.717) is 30.2 Å². The number of anilines is 1. The summed E-state index contributed by atoms with van der Waals surface area (Å²) in [4.78, 5) is 12.9. The van der Waals surface area contributed by atoms with Gasteiger partial charge in [0.1, 0.15) is 10.6 Å². The number of carbonyl (C=O) groups is 1. The Morgan fingerprint density at radius 3 is 2.69 bits per heavy atom. The standard InChI is InChI=1S/C19H21N5O4S/c1-23-12-16(29(26,27)24-8-3-2-4-9-24)11-17(23)18(25)21-15-7-5-6-14(10-15)19-22-20-13-28-19/h5-7,10-13H,2-4,8-9H2,1H3,(H,21,25). The number of rotatable bonds is 5. The molecule has 1 fully saturated rings. The number of aromatic nitrogens is 3. The summed E-state index contributed by atoms with van der Waals surface area (Å²) in [5.74, 6) is -0.0647. The van der Waals surface area contributed by atoms with Gasteiger partial charge in [0, 0.05) is 37.6 Å². The van der Waals surface area contributed by atoms with Crippen LogP contribution in [0.1, 0.15) is 29.8 Å². The first kappa shape index (κ1) is 19.3. The van der Waals surface area contributed by atoms with Gasteiger partial charge in [-0.1, -0.05) is 12.5 Å². The van der Waals surface area contributed by atoms with Gasteiger partial charge in [0.25, 0.3) is 5.91 Å². The lowest BCUT2D eigenvalue weighted by Gasteiger charge is -2.25. The van der Waals surface area contributed by atoms with E-state index in [1.54, 1.807) is 31.3 Å². The quantitative estimate of drug-likeness (QED) is 0.686. The van der Waals surface area contributed by atoms with Crippen molar-refractivity contribution in [3.63, 3.8) is 0 Å². The number of amides is 1. The summed E-state index contributed by atoms with van der Waals surface area (Å²) in [6.07, 6.45) is 5.46. The molecule has 0 radical (unpaired) electrons. The van der Waals surface area contributed by atoms with Crippen LogP contribution in [-0.2, 0) is 17.1 Å². The van der Waals surface area contributed by atoms with Crippen LogP contribution in [0.2, 0.25) is 0 Å². The largest absolute Gasteiger partial charge is 0.423 e. The molecule has 0 aliphatic carbocycles. The predicted molar refractivity (Wildman–Crippen MR) is 106 cm³/mol. The van der Waals surface area contributed by atoms with Crippen LogP contribution in [0.15, 0.2) is 52.2 Å². The molecule has 2 aromatic heterocycles. The highest BCUT2D eigenvalue weighted by atomic mass is 32.2. The maximum Gasteiger partial charge on any atom is 0.272 e. The molecule has 1 amide bonds. The van der Waals surface area contributed by atoms with Crippen LogP contribution in [-0.4, -0.2) is 46.5 Å². The number of aryl methyl sites for hydroxylation is 1. The molecule has 4 rings (SSSR count). The molecule has 29 heavy (non-hydrogen) atoms. The molecular formula is C19H21N5O4S. The molecule has 0 spiro atoms. The van der Waals surface area contributed by atoms with Gasteiger partial charge in [0.05, 0.1) is 0 Å². The molecular weight excluding hydrogens is 394 g/mol. The van der Waals surface area contributed by atoms with Crippen LogP contribution in [0.5, 0.6) is 0 Å². The molecule has 1 aliphatic heterocycles. The van der Waals surface area contributed by atoms with Crippen molar-refractivity contribution in [3.05, 3.63) is 48.6 Å². The van der Waals surface area contributed by atoms with E-state index in [1.165, 1.54) is 27.5 Å². The van der Waals surface area contributed by atoms with Crippen molar-refractivity contribution in [1.82, 2.24) is 19.1 Å². The minimum absolute atomic E-state index is 0.131. The summed E-state index contributed by atoms with van der Waals surface area (Å²) in [7, 11) is -1.95. The zero-order valence-corrected chi connectivity index (χ0v) is 16.7. The number of nitrogens with one attached hydrogen (secondary N) is 1. The molecule has 1 N–H and O–H groups in total. The number of hydrogen-bond donors (Lipinski definition) is 1. The smallest absolute Gasteiger partial charge is 0.272 e. The normalized spacial score (nSPS) is 15.3. The second-order valence-electron chi connectivity index (χ2n) is 6.92. The minimum Gasteiger partial charge on any atom is -0.423 e. The summed E-state index contributed by atoms with van der Waals surface area (Å²) in [6, 6.07) is 8.40. The molecule has 0 atom stereocenters. The topological polar surface area (TPSA) is 110 Å². The molecule has 1 aliphatic rings. The maximum atomic E-state index is 12.9. The van der Waals surface area contributed by atoms with Gasteiger partial charge < -0.3 is 14.3 Å². The molecule has 3 aromatic rings. The van der Waals surface area contributed by atoms with Gasteiger partial charge >= 0.3 is 0 Å². The summed E-state index contributed by atoms with van der Waals surface area (Å²) in [6.45, 7) is 1.03. The van der Waals surface area contributed by atoms with Crippen molar-refractivity contribution in [2.75, 3.05) is 18.4 Å². The summed E-state index contributed by atoms with van der Waals surface area (Å²) < 4.78 is 33.9. The average molecular weight is 415 g/mol. The van der Waals surface area contributed by atoms with E-state index in [4.69, 9.17) is 4.42 Å². The minimum atomic E-state index is -3.60. The molecule has 0 saturated carbocycles. The van der Waals surface area contributed by atoms with Crippen LogP contribution in [0, 0.1) is 0 Å². The molecule has 3 heterocycles. The van der Waals surface area contributed by atoms with Gasteiger partial charge in [0.15, 0.2) is 0 Å². The number of nitrogens with zero attached hydrogens (tertiary/aromatic N) is 4. The molecule has 1 aromatic carbocycles. The van der Waals surface area contributed by atoms with Crippen LogP contribution in [0.3, 0.4) is 0 Å². The van der Waals surface area contributed by atoms with Gasteiger partial charge in [0.2, 0.25) is 22.3 Å². The lowest BCUT2D eigenvalue weighted by molar-refractivity contribution is 0.101. The fourth-order valence-electron chi connectivity index (χ4n) is 3.38. The third-order valence-corrected chi connectivity index (χ3v) is 6.76. The Kier molecular flexibility index (Phi) is 5.20. The second kappa shape index (κ2) is 7.80. The van der Waals surface area contributed by atoms with E-state index in [9.17, 15) is 13.2 Å². The Labute approximate surface area is 168 Å². The zero-order valence-electron chi connectivity index (χ0n) is 15.9. The van der Waals surface area contributed by atoms with Crippen LogP contribution < -0.4 is 5.32 Å². The third kappa shape index (κ3) is 3.94. The van der Waals surface area contributed by atoms with Gasteiger partial charge in [-0.15, -0.1) is 10.2 Å². The van der Waals surface area contributed by atoms with Gasteiger partial charge in [-0.25, -0.2) is 8.42 Å². The first-order chi connectivity index (χ1) is 13.9. The van der Waals surface area contributed by atoms with Crippen molar-refractivity contribution in [2.24, 2.45) is 7.05 Å². The predicted octanol–water partition coefficient (Wildman–Crippen LogP) is 2.50. The van der Waals surface area contributed by atoms with Gasteiger partial charge in [-0.3, -0.25) is 4.79 Å². The Morgan fingerprint density at radius 2 is 1.97 bits per heavy atom. The second-order valence-corrected chi connectivity index (χ2v) is 8.85. The van der Waals surface area contributed by atoms with E-state index in [2.05, 4.69) is 15.5 Å². The number of hydrogen-bond acceptors (Lipinski definition) is 6. The van der Waals surface area contributed by atoms with Crippen molar-refractivity contribution in [1.29, 1.82) is 0 Å². The number of benzene rings is 1. The lowest BCUT2D eigenvalue weighted by atomic mass is 10.2. The Hall–Kier alpha value is -2.98. The number of sulfonamides is 1. The van der Waals surface area contributed by atoms with E-state index in [-0.39, 0.29) is 10.6 Å². The molecule has 9 nitrogen and oxygen atoms in total. The highest BCUT2D eigenvalue weighted by Gasteiger charge is 2.28. The molecule has 0 bridgehead atoms. The SMILES string of the molecule is Cn1cc(S(=O)(=O)N2CCCCC2)cc1C(=O)Nc1cccc(-c2nnco2)c1. The molecule has 1 saturated heterocycles. The van der Waals surface area contributed by atoms with Crippen molar-refractivity contribution >= 4 is 21.6 Å². The fourth-order valence-corrected chi connectivity index (χ4v) is 4.97. The van der Waals surface area contributed by atoms with Crippen molar-refractivity contribution in [2.45, 2.75) is 24.2 Å². The van der Waals surface area contributed by atoms with Crippen LogP contribution in [0.4, 0.5) is 5.69 Å². The Morgan fingerprint density at radius 1 is 1.17 bits per heavy atom. The van der Waals surface area contributed by atoms with Crippen LogP contribution in [0.25, 0.3) is 11.5 Å². The van der Waals surface area contributed by atoms with Gasteiger partial charge in [-0.05, 0) is 37.1 Å². The summed E-state index contributed by atoms with van der Waals surface area (Å²) >= 11 is 0. The molecule has 10 heteroatoms. The average Bonchev–Trinajstić information content (AvgIpc) is 3.39. The first-order valence-corrected chi connectivity index (χ1v) is 10.7. The first-order valence-electron chi connectivity index (χ1n) is 9.29. The highest BCUT2D eigenvalue weighted by Crippen LogP contribution is 2.24. The fraction of sp³-hybridized carbons (Fsp3) is 0.316. The number of carbonyl (C=O) groups excluding carboxylic acids is 1. The third-order valence-electron chi connectivity index (χ3n) is 4.89. The molecule has 0 unspecified atom stereocenters. The highest BCUT2D eigenvalue weighted by molar-refractivity contribution is 7.89. The monoisotopic (exact) mass is 415 g/mol. The number of piperidine rings is 1. The summed E-state index contributed by atoms with van der Waals surface area (Å²) in [5, 5.41) is 10.3. The Bertz CT molecular complexity index is 1120. The van der Waals surface area contributed by atoms with E-state index < -0.39 is 15.9 Å². The Balaban J connectivity index is 1.55. The van der Waals surface area contributed by atoms with E-state index in [0.717, 1.165) is 19.3 Å². The van der Waals surface area contributed by atoms with E-state index >= 15 is 0 Å². The van der Waals surface area contributed by atoms with Gasteiger partial charge in [-0.2, -0.15) is 4.31 Å². The molecule has 152 valence electrons. The van der Waals surface area contributed by atoms with E-state index in [1.807, 2.05) is 0 Å². The summed E-state index contributed by atoms with van der Waals surface area (Å²) in [5.41, 5.74) is 1.46. The zero-order chi connectivity index (χ0) is 20.4.